The third-order valence-corrected chi connectivity index (χ3v) is 4.12. The molecule has 21 heavy (non-hydrogen) atoms. The number of hydrogen-bond acceptors (Lipinski definition) is 4. The van der Waals surface area contributed by atoms with Crippen LogP contribution in [0.3, 0.4) is 0 Å². The van der Waals surface area contributed by atoms with Crippen LogP contribution in [-0.2, 0) is 17.8 Å². The number of nitrogens with two attached hydrogens (primary N) is 1. The molecule has 0 saturated carbocycles. The van der Waals surface area contributed by atoms with E-state index in [9.17, 15) is 4.79 Å². The Morgan fingerprint density at radius 3 is 2.95 bits per heavy atom. The van der Waals surface area contributed by atoms with Gasteiger partial charge in [0.2, 0.25) is 5.91 Å². The summed E-state index contributed by atoms with van der Waals surface area (Å²) in [5.74, 6) is 0.791. The normalized spacial score (nSPS) is 10.3. The van der Waals surface area contributed by atoms with E-state index in [1.807, 2.05) is 18.2 Å². The van der Waals surface area contributed by atoms with E-state index < -0.39 is 0 Å². The maximum absolute atomic E-state index is 11.8. The zero-order chi connectivity index (χ0) is 15.1. The first-order valence-electron chi connectivity index (χ1n) is 6.90. The van der Waals surface area contributed by atoms with Crippen molar-refractivity contribution in [3.8, 4) is 5.75 Å². The number of benzene rings is 1. The fraction of sp³-hybridized carbons (Fsp3) is 0.312. The standard InChI is InChI=1S/C16H20N2O2S/c1-20-15-8-7-13(17)10-12(15)11-18-16(19)6-2-4-14-5-3-9-21-14/h3,5,7-10H,2,4,6,11,17H2,1H3,(H,18,19). The average molecular weight is 304 g/mol. The molecule has 0 radical (unpaired) electrons. The summed E-state index contributed by atoms with van der Waals surface area (Å²) in [7, 11) is 1.61. The number of carbonyl (C=O) groups is 1. The predicted octanol–water partition coefficient (Wildman–Crippen LogP) is 2.98. The molecule has 2 aromatic rings. The zero-order valence-corrected chi connectivity index (χ0v) is 12.9. The van der Waals surface area contributed by atoms with Crippen molar-refractivity contribution >= 4 is 22.9 Å². The molecule has 0 aliphatic rings. The van der Waals surface area contributed by atoms with Gasteiger partial charge in [0, 0.05) is 29.1 Å². The van der Waals surface area contributed by atoms with Crippen LogP contribution in [0, 0.1) is 0 Å². The van der Waals surface area contributed by atoms with Crippen LogP contribution in [0.2, 0.25) is 0 Å². The molecule has 0 saturated heterocycles. The molecule has 0 spiro atoms. The minimum absolute atomic E-state index is 0.0519. The van der Waals surface area contributed by atoms with E-state index in [1.165, 1.54) is 4.88 Å². The Hall–Kier alpha value is -2.01. The van der Waals surface area contributed by atoms with Gasteiger partial charge in [-0.1, -0.05) is 6.07 Å². The molecular formula is C16H20N2O2S. The first-order valence-corrected chi connectivity index (χ1v) is 7.78. The fourth-order valence-corrected chi connectivity index (χ4v) is 2.85. The number of aryl methyl sites for hydroxylation is 1. The van der Waals surface area contributed by atoms with Gasteiger partial charge in [0.15, 0.2) is 0 Å². The Balaban J connectivity index is 1.77. The lowest BCUT2D eigenvalue weighted by Crippen LogP contribution is -2.22. The number of ether oxygens (including phenoxy) is 1. The highest BCUT2D eigenvalue weighted by Crippen LogP contribution is 2.20. The first-order chi connectivity index (χ1) is 10.2. The van der Waals surface area contributed by atoms with Gasteiger partial charge in [-0.05, 0) is 42.5 Å². The number of methoxy groups -OCH3 is 1. The summed E-state index contributed by atoms with van der Waals surface area (Å²) in [6.45, 7) is 0.437. The van der Waals surface area contributed by atoms with E-state index in [-0.39, 0.29) is 5.91 Å². The fourth-order valence-electron chi connectivity index (χ4n) is 2.10. The minimum Gasteiger partial charge on any atom is -0.496 e. The Kier molecular flexibility index (Phi) is 5.63. The summed E-state index contributed by atoms with van der Waals surface area (Å²) in [5.41, 5.74) is 7.31. The quantitative estimate of drug-likeness (QED) is 0.773. The van der Waals surface area contributed by atoms with Crippen LogP contribution in [0.5, 0.6) is 5.75 Å². The lowest BCUT2D eigenvalue weighted by atomic mass is 10.1. The van der Waals surface area contributed by atoms with Crippen LogP contribution in [0.15, 0.2) is 35.7 Å². The number of amides is 1. The molecule has 0 fully saturated rings. The van der Waals surface area contributed by atoms with Crippen LogP contribution in [-0.4, -0.2) is 13.0 Å². The summed E-state index contributed by atoms with van der Waals surface area (Å²) in [4.78, 5) is 13.2. The van der Waals surface area contributed by atoms with Gasteiger partial charge in [0.25, 0.3) is 0 Å². The first kappa shape index (κ1) is 15.4. The molecule has 0 atom stereocenters. The third-order valence-electron chi connectivity index (χ3n) is 3.19. The number of rotatable bonds is 7. The number of carbonyl (C=O) groups excluding carboxylic acids is 1. The molecule has 2 rings (SSSR count). The number of nitrogens with one attached hydrogen (secondary N) is 1. The highest BCUT2D eigenvalue weighted by molar-refractivity contribution is 7.09. The average Bonchev–Trinajstić information content (AvgIpc) is 2.98. The molecular weight excluding hydrogens is 284 g/mol. The van der Waals surface area contributed by atoms with Gasteiger partial charge in [-0.3, -0.25) is 4.79 Å². The topological polar surface area (TPSA) is 64.3 Å². The maximum Gasteiger partial charge on any atom is 0.220 e. The summed E-state index contributed by atoms with van der Waals surface area (Å²) >= 11 is 1.73. The van der Waals surface area contributed by atoms with Crippen molar-refractivity contribution in [2.45, 2.75) is 25.8 Å². The van der Waals surface area contributed by atoms with E-state index in [1.54, 1.807) is 24.5 Å². The van der Waals surface area contributed by atoms with Gasteiger partial charge >= 0.3 is 0 Å². The monoisotopic (exact) mass is 304 g/mol. The molecule has 1 aromatic heterocycles. The van der Waals surface area contributed by atoms with Crippen LogP contribution in [0.1, 0.15) is 23.3 Å². The number of nitrogen functional groups attached to an aromatic ring is 1. The largest absolute Gasteiger partial charge is 0.496 e. The second kappa shape index (κ2) is 7.69. The van der Waals surface area contributed by atoms with Crippen LogP contribution < -0.4 is 15.8 Å². The molecule has 0 aliphatic carbocycles. The van der Waals surface area contributed by atoms with E-state index in [2.05, 4.69) is 16.8 Å². The molecule has 5 heteroatoms. The summed E-state index contributed by atoms with van der Waals surface area (Å²) < 4.78 is 5.26. The highest BCUT2D eigenvalue weighted by Gasteiger charge is 2.06. The second-order valence-corrected chi connectivity index (χ2v) is 5.81. The summed E-state index contributed by atoms with van der Waals surface area (Å²) in [6.07, 6.45) is 2.34. The molecule has 112 valence electrons. The van der Waals surface area contributed by atoms with Crippen molar-refractivity contribution in [1.82, 2.24) is 5.32 Å². The second-order valence-electron chi connectivity index (χ2n) is 4.78. The highest BCUT2D eigenvalue weighted by atomic mass is 32.1. The van der Waals surface area contributed by atoms with Crippen molar-refractivity contribution in [1.29, 1.82) is 0 Å². The van der Waals surface area contributed by atoms with E-state index in [4.69, 9.17) is 10.5 Å². The van der Waals surface area contributed by atoms with Gasteiger partial charge in [0.05, 0.1) is 7.11 Å². The van der Waals surface area contributed by atoms with E-state index in [0.717, 1.165) is 24.2 Å². The molecule has 1 amide bonds. The van der Waals surface area contributed by atoms with Crippen LogP contribution in [0.4, 0.5) is 5.69 Å². The van der Waals surface area contributed by atoms with Gasteiger partial charge in [-0.2, -0.15) is 0 Å². The van der Waals surface area contributed by atoms with E-state index >= 15 is 0 Å². The number of hydrogen-bond donors (Lipinski definition) is 2. The summed E-state index contributed by atoms with van der Waals surface area (Å²) in [5, 5.41) is 4.97. The third kappa shape index (κ3) is 4.79. The van der Waals surface area contributed by atoms with Gasteiger partial charge in [0.1, 0.15) is 5.75 Å². The molecule has 4 nitrogen and oxygen atoms in total. The minimum atomic E-state index is 0.0519. The molecule has 0 bridgehead atoms. The number of anilines is 1. The van der Waals surface area contributed by atoms with Crippen molar-refractivity contribution < 1.29 is 9.53 Å². The molecule has 1 heterocycles. The van der Waals surface area contributed by atoms with Gasteiger partial charge in [-0.25, -0.2) is 0 Å². The van der Waals surface area contributed by atoms with Crippen molar-refractivity contribution in [2.24, 2.45) is 0 Å². The molecule has 0 aliphatic heterocycles. The summed E-state index contributed by atoms with van der Waals surface area (Å²) in [6, 6.07) is 9.55. The van der Waals surface area contributed by atoms with Crippen molar-refractivity contribution in [2.75, 3.05) is 12.8 Å². The Labute approximate surface area is 128 Å². The van der Waals surface area contributed by atoms with E-state index in [0.29, 0.717) is 18.7 Å². The Morgan fingerprint density at radius 1 is 1.38 bits per heavy atom. The Bertz CT molecular complexity index is 582. The van der Waals surface area contributed by atoms with Gasteiger partial charge < -0.3 is 15.8 Å². The maximum atomic E-state index is 11.8. The zero-order valence-electron chi connectivity index (χ0n) is 12.1. The van der Waals surface area contributed by atoms with Gasteiger partial charge in [-0.15, -0.1) is 11.3 Å². The smallest absolute Gasteiger partial charge is 0.220 e. The lowest BCUT2D eigenvalue weighted by Gasteiger charge is -2.10. The SMILES string of the molecule is COc1ccc(N)cc1CNC(=O)CCCc1cccs1. The molecule has 1 aromatic carbocycles. The molecule has 0 unspecified atom stereocenters. The lowest BCUT2D eigenvalue weighted by molar-refractivity contribution is -0.121. The number of thiophene rings is 1. The predicted molar refractivity (Wildman–Crippen MR) is 86.5 cm³/mol. The van der Waals surface area contributed by atoms with Crippen molar-refractivity contribution in [3.63, 3.8) is 0 Å². The molecule has 3 N–H and O–H groups in total. The Morgan fingerprint density at radius 2 is 2.24 bits per heavy atom. The van der Waals surface area contributed by atoms with Crippen LogP contribution in [0.25, 0.3) is 0 Å². The van der Waals surface area contributed by atoms with Crippen LogP contribution >= 0.6 is 11.3 Å². The van der Waals surface area contributed by atoms with Crippen molar-refractivity contribution in [3.05, 3.63) is 46.2 Å².